The number of carbonyl (C=O) groups is 1. The van der Waals surface area contributed by atoms with Crippen molar-refractivity contribution < 1.29 is 47.9 Å². The predicted molar refractivity (Wildman–Crippen MR) is 128 cm³/mol. The monoisotopic (exact) mass is 569 g/mol. The van der Waals surface area contributed by atoms with Crippen molar-refractivity contribution in [2.24, 2.45) is 7.05 Å². The maximum atomic E-state index is 13.0. The molecule has 3 N–H and O–H groups in total. The van der Waals surface area contributed by atoms with Crippen molar-refractivity contribution in [3.63, 3.8) is 0 Å². The smallest absolute Gasteiger partial charge is 0.344 e. The topological polar surface area (TPSA) is 211 Å². The van der Waals surface area contributed by atoms with Gasteiger partial charge in [-0.25, -0.2) is 14.6 Å². The Hall–Kier alpha value is -3.24. The normalized spacial score (nSPS) is 22.7. The van der Waals surface area contributed by atoms with Crippen LogP contribution in [0.3, 0.4) is 0 Å². The lowest BCUT2D eigenvalue weighted by molar-refractivity contribution is -0.765. The molecule has 0 bridgehead atoms. The average molecular weight is 569 g/mol. The van der Waals surface area contributed by atoms with E-state index in [0.717, 1.165) is 11.0 Å². The second-order valence-electron chi connectivity index (χ2n) is 8.89. The molecule has 1 saturated heterocycles. The summed E-state index contributed by atoms with van der Waals surface area (Å²) in [6.07, 6.45) is -0.598. The van der Waals surface area contributed by atoms with Crippen LogP contribution in [0, 0.1) is 0 Å². The molecule has 0 radical (unpaired) electrons. The van der Waals surface area contributed by atoms with Crippen molar-refractivity contribution >= 4 is 25.0 Å². The number of carbonyl (C=O) groups excluding carboxylic acids is 1. The predicted octanol–water partition coefficient (Wildman–Crippen LogP) is -2.45. The van der Waals surface area contributed by atoms with Crippen LogP contribution in [-0.2, 0) is 38.7 Å². The Balaban J connectivity index is 1.45. The van der Waals surface area contributed by atoms with Gasteiger partial charge in [-0.15, -0.1) is 0 Å². The van der Waals surface area contributed by atoms with E-state index in [9.17, 15) is 34.1 Å². The van der Waals surface area contributed by atoms with E-state index in [0.29, 0.717) is 6.54 Å². The maximum Gasteiger partial charge on any atom is 0.344 e. The summed E-state index contributed by atoms with van der Waals surface area (Å²) in [4.78, 5) is 62.1. The van der Waals surface area contributed by atoms with Crippen molar-refractivity contribution in [1.82, 2.24) is 18.7 Å². The zero-order valence-electron chi connectivity index (χ0n) is 21.0. The molecule has 17 heteroatoms. The Bertz CT molecular complexity index is 1530. The van der Waals surface area contributed by atoms with Crippen molar-refractivity contribution in [2.45, 2.75) is 51.0 Å². The number of nitrogens with zero attached hydrogens (tertiary/aromatic N) is 5. The number of hydrogen-bond donors (Lipinski definition) is 3. The number of aromatic nitrogens is 5. The third kappa shape index (κ3) is 6.01. The van der Waals surface area contributed by atoms with Gasteiger partial charge in [0.15, 0.2) is 29.7 Å². The SMILES string of the molecule is CCCn1cnc2c1c(=O)n(CCOC(=O)c1ccc[n+]([C@@H]3O[C@H](COP(=O)([O-])O)[C@@H](O)[C@H]3O)c1)c(=O)n2C. The Morgan fingerprint density at radius 1 is 1.28 bits per heavy atom. The van der Waals surface area contributed by atoms with Gasteiger partial charge >= 0.3 is 11.7 Å². The highest BCUT2D eigenvalue weighted by molar-refractivity contribution is 7.44. The van der Waals surface area contributed by atoms with Gasteiger partial charge in [-0.3, -0.25) is 18.5 Å². The highest BCUT2D eigenvalue weighted by atomic mass is 31.2. The maximum absolute atomic E-state index is 13.0. The minimum absolute atomic E-state index is 0.0265. The molecule has 1 unspecified atom stereocenters. The lowest BCUT2D eigenvalue weighted by Gasteiger charge is -2.19. The fourth-order valence-corrected chi connectivity index (χ4v) is 4.63. The second-order valence-corrected chi connectivity index (χ2v) is 10.1. The number of hydrogen-bond acceptors (Lipinski definition) is 11. The first-order valence-corrected chi connectivity index (χ1v) is 13.4. The summed E-state index contributed by atoms with van der Waals surface area (Å²) < 4.78 is 31.0. The first-order chi connectivity index (χ1) is 18.4. The highest BCUT2D eigenvalue weighted by Gasteiger charge is 2.48. The number of aliphatic hydroxyl groups excluding tert-OH is 2. The quantitative estimate of drug-likeness (QED) is 0.132. The van der Waals surface area contributed by atoms with Crippen LogP contribution in [0.5, 0.6) is 0 Å². The number of aryl methyl sites for hydroxylation is 2. The molecule has 3 aromatic rings. The first-order valence-electron chi connectivity index (χ1n) is 12.0. The molecule has 1 aliphatic heterocycles. The van der Waals surface area contributed by atoms with Gasteiger partial charge in [0.05, 0.1) is 19.5 Å². The Morgan fingerprint density at radius 3 is 2.72 bits per heavy atom. The summed E-state index contributed by atoms with van der Waals surface area (Å²) in [6, 6.07) is 2.86. The van der Waals surface area contributed by atoms with E-state index >= 15 is 0 Å². The van der Waals surface area contributed by atoms with Gasteiger partial charge in [0.1, 0.15) is 24.4 Å². The molecule has 16 nitrogen and oxygen atoms in total. The number of rotatable bonds is 10. The van der Waals surface area contributed by atoms with Gasteiger partial charge in [0.2, 0.25) is 0 Å². The minimum Gasteiger partial charge on any atom is -0.756 e. The number of pyridine rings is 1. The van der Waals surface area contributed by atoms with Gasteiger partial charge in [0.25, 0.3) is 19.6 Å². The van der Waals surface area contributed by atoms with E-state index in [2.05, 4.69) is 9.51 Å². The molecular weight excluding hydrogens is 541 g/mol. The van der Waals surface area contributed by atoms with Crippen molar-refractivity contribution in [3.8, 4) is 0 Å². The third-order valence-electron chi connectivity index (χ3n) is 6.21. The number of aliphatic hydroxyl groups is 2. The molecule has 0 spiro atoms. The van der Waals surface area contributed by atoms with Crippen LogP contribution in [0.1, 0.15) is 29.9 Å². The fraction of sp³-hybridized carbons (Fsp3) is 0.500. The van der Waals surface area contributed by atoms with E-state index in [1.165, 1.54) is 47.0 Å². The Morgan fingerprint density at radius 2 is 2.03 bits per heavy atom. The molecule has 4 rings (SSSR count). The van der Waals surface area contributed by atoms with Gasteiger partial charge in [-0.2, -0.15) is 4.57 Å². The van der Waals surface area contributed by atoms with Crippen molar-refractivity contribution in [3.05, 3.63) is 57.3 Å². The molecule has 0 amide bonds. The Kier molecular flexibility index (Phi) is 8.46. The van der Waals surface area contributed by atoms with Gasteiger partial charge in [0, 0.05) is 19.7 Å². The van der Waals surface area contributed by atoms with Crippen LogP contribution in [0.15, 0.2) is 40.4 Å². The molecule has 5 atom stereocenters. The summed E-state index contributed by atoms with van der Waals surface area (Å²) >= 11 is 0. The van der Waals surface area contributed by atoms with Crippen LogP contribution in [0.2, 0.25) is 0 Å². The zero-order chi connectivity index (χ0) is 28.5. The first kappa shape index (κ1) is 28.8. The number of esters is 1. The van der Waals surface area contributed by atoms with E-state index in [1.54, 1.807) is 4.57 Å². The molecular formula is C22H28N5O11P. The number of imidazole rings is 1. The van der Waals surface area contributed by atoms with Gasteiger partial charge < -0.3 is 38.6 Å². The third-order valence-corrected chi connectivity index (χ3v) is 6.68. The van der Waals surface area contributed by atoms with E-state index in [-0.39, 0.29) is 29.9 Å². The summed E-state index contributed by atoms with van der Waals surface area (Å²) in [7, 11) is -3.58. The standard InChI is InChI=1S/C22H28N5O11P/c1-3-6-26-12-23-18-15(26)19(30)27(22(32)24(18)2)8-9-36-21(31)13-5-4-7-25(10-13)20-17(29)16(28)14(38-20)11-37-39(33,34)35/h4-5,7,10,12,14,16-17,20,28-29H,3,6,8-9,11H2,1-2H3,(H-,33,34,35)/t14-,16-,17-,20-/m1/s1. The molecule has 212 valence electrons. The number of phosphoric ester groups is 1. The number of ether oxygens (including phenoxy) is 2. The Labute approximate surface area is 220 Å². The summed E-state index contributed by atoms with van der Waals surface area (Å²) in [5, 5.41) is 20.5. The molecule has 1 fully saturated rings. The highest BCUT2D eigenvalue weighted by Crippen LogP contribution is 2.33. The van der Waals surface area contributed by atoms with Crippen LogP contribution in [0.25, 0.3) is 11.2 Å². The summed E-state index contributed by atoms with van der Waals surface area (Å²) in [5.41, 5.74) is -0.603. The van der Waals surface area contributed by atoms with Crippen LogP contribution >= 0.6 is 7.82 Å². The largest absolute Gasteiger partial charge is 0.756 e. The zero-order valence-corrected chi connectivity index (χ0v) is 21.9. The van der Waals surface area contributed by atoms with Gasteiger partial charge in [-0.1, -0.05) is 6.92 Å². The lowest BCUT2D eigenvalue weighted by atomic mass is 10.1. The van der Waals surface area contributed by atoms with Crippen LogP contribution in [-0.4, -0.2) is 71.3 Å². The van der Waals surface area contributed by atoms with Crippen LogP contribution < -0.4 is 20.7 Å². The molecule has 1 aliphatic rings. The van der Waals surface area contributed by atoms with E-state index in [4.69, 9.17) is 14.4 Å². The van der Waals surface area contributed by atoms with E-state index < -0.39 is 56.2 Å². The van der Waals surface area contributed by atoms with Crippen molar-refractivity contribution in [1.29, 1.82) is 0 Å². The molecule has 0 aromatic carbocycles. The molecule has 39 heavy (non-hydrogen) atoms. The average Bonchev–Trinajstić information content (AvgIpc) is 3.44. The molecule has 0 saturated carbocycles. The van der Waals surface area contributed by atoms with Crippen LogP contribution in [0.4, 0.5) is 0 Å². The molecule has 3 aromatic heterocycles. The summed E-state index contributed by atoms with van der Waals surface area (Å²) in [5.74, 6) is -0.799. The van der Waals surface area contributed by atoms with E-state index in [1.807, 2.05) is 6.92 Å². The summed E-state index contributed by atoms with van der Waals surface area (Å²) in [6.45, 7) is 1.24. The van der Waals surface area contributed by atoms with Crippen molar-refractivity contribution in [2.75, 3.05) is 13.2 Å². The number of fused-ring (bicyclic) bond motifs is 1. The van der Waals surface area contributed by atoms with Gasteiger partial charge in [-0.05, 0) is 12.5 Å². The minimum atomic E-state index is -5.07. The number of phosphoric acid groups is 1. The lowest BCUT2D eigenvalue weighted by Crippen LogP contribution is -2.46. The molecule has 4 heterocycles. The second kappa shape index (κ2) is 11.5. The molecule has 0 aliphatic carbocycles. The fourth-order valence-electron chi connectivity index (χ4n) is 4.30.